The molecule has 0 saturated heterocycles. The van der Waals surface area contributed by atoms with Crippen LogP contribution in [0.25, 0.3) is 0 Å². The Balaban J connectivity index is 2.68. The fourth-order valence-electron chi connectivity index (χ4n) is 1.41. The normalized spacial score (nSPS) is 13.4. The van der Waals surface area contributed by atoms with Crippen LogP contribution < -0.4 is 5.32 Å². The SMILES string of the molecule is CCS(=O)(=O)CC(C)Nc1ccc(Cl)c(F)c1. The van der Waals surface area contributed by atoms with E-state index in [1.165, 1.54) is 12.1 Å². The van der Waals surface area contributed by atoms with Crippen LogP contribution in [0.3, 0.4) is 0 Å². The van der Waals surface area contributed by atoms with Crippen LogP contribution in [0.1, 0.15) is 13.8 Å². The van der Waals surface area contributed by atoms with Crippen LogP contribution >= 0.6 is 11.6 Å². The zero-order chi connectivity index (χ0) is 13.1. The number of sulfone groups is 1. The fraction of sp³-hybridized carbons (Fsp3) is 0.455. The minimum absolute atomic E-state index is 0.0216. The Morgan fingerprint density at radius 2 is 2.12 bits per heavy atom. The van der Waals surface area contributed by atoms with E-state index >= 15 is 0 Å². The van der Waals surface area contributed by atoms with Crippen molar-refractivity contribution < 1.29 is 12.8 Å². The Bertz CT molecular complexity index is 490. The monoisotopic (exact) mass is 279 g/mol. The van der Waals surface area contributed by atoms with E-state index in [2.05, 4.69) is 5.32 Å². The van der Waals surface area contributed by atoms with Crippen LogP contribution in [0.4, 0.5) is 10.1 Å². The van der Waals surface area contributed by atoms with Crippen molar-refractivity contribution in [2.45, 2.75) is 19.9 Å². The lowest BCUT2D eigenvalue weighted by molar-refractivity contribution is 0.593. The van der Waals surface area contributed by atoms with Crippen molar-refractivity contribution in [3.8, 4) is 0 Å². The van der Waals surface area contributed by atoms with Crippen LogP contribution in [0.15, 0.2) is 18.2 Å². The number of hydrogen-bond acceptors (Lipinski definition) is 3. The molecule has 1 aromatic rings. The van der Waals surface area contributed by atoms with Gasteiger partial charge in [-0.2, -0.15) is 0 Å². The first-order chi connectivity index (χ1) is 7.84. The highest BCUT2D eigenvalue weighted by Crippen LogP contribution is 2.19. The van der Waals surface area contributed by atoms with Gasteiger partial charge in [0.2, 0.25) is 0 Å². The molecule has 0 aliphatic rings. The van der Waals surface area contributed by atoms with Gasteiger partial charge in [0, 0.05) is 17.5 Å². The van der Waals surface area contributed by atoms with E-state index in [0.29, 0.717) is 5.69 Å². The molecule has 1 atom stereocenters. The molecule has 96 valence electrons. The lowest BCUT2D eigenvalue weighted by Gasteiger charge is -2.15. The second-order valence-electron chi connectivity index (χ2n) is 3.87. The summed E-state index contributed by atoms with van der Waals surface area (Å²) in [5.74, 6) is -0.399. The number of nitrogens with one attached hydrogen (secondary N) is 1. The Morgan fingerprint density at radius 3 is 2.65 bits per heavy atom. The molecule has 0 heterocycles. The molecule has 0 fully saturated rings. The van der Waals surface area contributed by atoms with Crippen LogP contribution in [0.5, 0.6) is 0 Å². The minimum Gasteiger partial charge on any atom is -0.381 e. The minimum atomic E-state index is -3.04. The van der Waals surface area contributed by atoms with Crippen LogP contribution in [0, 0.1) is 5.82 Å². The molecule has 0 saturated carbocycles. The van der Waals surface area contributed by atoms with Crippen molar-refractivity contribution >= 4 is 27.1 Å². The molecule has 3 nitrogen and oxygen atoms in total. The summed E-state index contributed by atoms with van der Waals surface area (Å²) in [6.07, 6.45) is 0. The van der Waals surface area contributed by atoms with Gasteiger partial charge in [-0.05, 0) is 25.1 Å². The van der Waals surface area contributed by atoms with Gasteiger partial charge in [0.15, 0.2) is 9.84 Å². The summed E-state index contributed by atoms with van der Waals surface area (Å²) in [5, 5.41) is 2.97. The first-order valence-electron chi connectivity index (χ1n) is 5.26. The molecule has 0 aromatic heterocycles. The Kier molecular flexibility index (Phi) is 4.77. The lowest BCUT2D eigenvalue weighted by atomic mass is 10.3. The second-order valence-corrected chi connectivity index (χ2v) is 6.68. The number of hydrogen-bond donors (Lipinski definition) is 1. The molecular formula is C11H15ClFNO2S. The van der Waals surface area contributed by atoms with Crippen molar-refractivity contribution in [1.82, 2.24) is 0 Å². The average Bonchev–Trinajstić information content (AvgIpc) is 2.23. The van der Waals surface area contributed by atoms with Gasteiger partial charge in [-0.3, -0.25) is 0 Å². The Hall–Kier alpha value is -0.810. The molecule has 0 radical (unpaired) electrons. The van der Waals surface area contributed by atoms with Crippen molar-refractivity contribution in [2.24, 2.45) is 0 Å². The molecule has 17 heavy (non-hydrogen) atoms. The van der Waals surface area contributed by atoms with E-state index in [0.717, 1.165) is 0 Å². The number of rotatable bonds is 5. The standard InChI is InChI=1S/C11H15ClFNO2S/c1-3-17(15,16)7-8(2)14-9-4-5-10(12)11(13)6-9/h4-6,8,14H,3,7H2,1-2H3. The summed E-state index contributed by atoms with van der Waals surface area (Å²) < 4.78 is 35.9. The van der Waals surface area contributed by atoms with Crippen molar-refractivity contribution in [3.63, 3.8) is 0 Å². The van der Waals surface area contributed by atoms with Gasteiger partial charge >= 0.3 is 0 Å². The van der Waals surface area contributed by atoms with Crippen LogP contribution in [0.2, 0.25) is 5.02 Å². The van der Waals surface area contributed by atoms with Gasteiger partial charge < -0.3 is 5.32 Å². The van der Waals surface area contributed by atoms with Crippen molar-refractivity contribution in [1.29, 1.82) is 0 Å². The molecular weight excluding hydrogens is 265 g/mol. The van der Waals surface area contributed by atoms with Crippen LogP contribution in [-0.4, -0.2) is 26.0 Å². The summed E-state index contributed by atoms with van der Waals surface area (Å²) in [5.41, 5.74) is 0.519. The van der Waals surface area contributed by atoms with Gasteiger partial charge in [-0.1, -0.05) is 18.5 Å². The number of benzene rings is 1. The summed E-state index contributed by atoms with van der Waals surface area (Å²) >= 11 is 5.55. The molecule has 0 bridgehead atoms. The maximum absolute atomic E-state index is 13.1. The van der Waals surface area contributed by atoms with E-state index in [-0.39, 0.29) is 22.6 Å². The zero-order valence-electron chi connectivity index (χ0n) is 9.70. The average molecular weight is 280 g/mol. The topological polar surface area (TPSA) is 46.2 Å². The van der Waals surface area contributed by atoms with E-state index in [9.17, 15) is 12.8 Å². The van der Waals surface area contributed by atoms with E-state index in [4.69, 9.17) is 11.6 Å². The third-order valence-electron chi connectivity index (χ3n) is 2.28. The van der Waals surface area contributed by atoms with Gasteiger partial charge in [-0.15, -0.1) is 0 Å². The molecule has 6 heteroatoms. The molecule has 1 rings (SSSR count). The maximum Gasteiger partial charge on any atom is 0.152 e. The maximum atomic E-state index is 13.1. The largest absolute Gasteiger partial charge is 0.381 e. The molecule has 1 N–H and O–H groups in total. The summed E-state index contributed by atoms with van der Waals surface area (Å²) in [7, 11) is -3.04. The number of halogens is 2. The molecule has 0 spiro atoms. The second kappa shape index (κ2) is 5.69. The van der Waals surface area contributed by atoms with E-state index < -0.39 is 15.7 Å². The summed E-state index contributed by atoms with van der Waals surface area (Å²) in [6.45, 7) is 3.34. The highest BCUT2D eigenvalue weighted by atomic mass is 35.5. The predicted octanol–water partition coefficient (Wildman–Crippen LogP) is 2.71. The predicted molar refractivity (Wildman–Crippen MR) is 68.8 cm³/mol. The Labute approximate surface area is 106 Å². The van der Waals surface area contributed by atoms with E-state index in [1.807, 2.05) is 0 Å². The first kappa shape index (κ1) is 14.3. The molecule has 1 unspecified atom stereocenters. The molecule has 0 amide bonds. The highest BCUT2D eigenvalue weighted by Gasteiger charge is 2.13. The first-order valence-corrected chi connectivity index (χ1v) is 7.46. The fourth-order valence-corrected chi connectivity index (χ4v) is 2.61. The van der Waals surface area contributed by atoms with Gasteiger partial charge in [0.05, 0.1) is 10.8 Å². The summed E-state index contributed by atoms with van der Waals surface area (Å²) in [4.78, 5) is 0. The highest BCUT2D eigenvalue weighted by molar-refractivity contribution is 7.91. The van der Waals surface area contributed by atoms with Gasteiger partial charge in [-0.25, -0.2) is 12.8 Å². The molecule has 1 aromatic carbocycles. The third-order valence-corrected chi connectivity index (χ3v) is 4.47. The van der Waals surface area contributed by atoms with E-state index in [1.54, 1.807) is 19.9 Å². The smallest absolute Gasteiger partial charge is 0.152 e. The number of anilines is 1. The van der Waals surface area contributed by atoms with Gasteiger partial charge in [0.25, 0.3) is 0 Å². The summed E-state index contributed by atoms with van der Waals surface area (Å²) in [6, 6.07) is 4.01. The molecule has 0 aliphatic carbocycles. The van der Waals surface area contributed by atoms with Crippen molar-refractivity contribution in [2.75, 3.05) is 16.8 Å². The van der Waals surface area contributed by atoms with Crippen molar-refractivity contribution in [3.05, 3.63) is 29.0 Å². The Morgan fingerprint density at radius 1 is 1.47 bits per heavy atom. The molecule has 0 aliphatic heterocycles. The zero-order valence-corrected chi connectivity index (χ0v) is 11.3. The van der Waals surface area contributed by atoms with Crippen LogP contribution in [-0.2, 0) is 9.84 Å². The lowest BCUT2D eigenvalue weighted by Crippen LogP contribution is -2.26. The quantitative estimate of drug-likeness (QED) is 0.901. The van der Waals surface area contributed by atoms with Gasteiger partial charge in [0.1, 0.15) is 5.82 Å². The third kappa shape index (κ3) is 4.52.